The van der Waals surface area contributed by atoms with Crippen LogP contribution in [0, 0.1) is 0 Å². The van der Waals surface area contributed by atoms with Gasteiger partial charge in [0, 0.05) is 23.9 Å². The van der Waals surface area contributed by atoms with Crippen molar-refractivity contribution in [1.29, 1.82) is 0 Å². The minimum atomic E-state index is -1.13. The van der Waals surface area contributed by atoms with Crippen LogP contribution in [0.3, 0.4) is 0 Å². The molecule has 5 aliphatic rings. The minimum absolute atomic E-state index is 0.588. The van der Waals surface area contributed by atoms with Crippen LogP contribution in [0.25, 0.3) is 0 Å². The third-order valence-electron chi connectivity index (χ3n) is 5.31. The van der Waals surface area contributed by atoms with Crippen molar-refractivity contribution in [3.63, 3.8) is 0 Å². The van der Waals surface area contributed by atoms with Crippen molar-refractivity contribution in [2.75, 3.05) is 24.5 Å². The Labute approximate surface area is 172 Å². The van der Waals surface area contributed by atoms with Crippen molar-refractivity contribution in [1.82, 2.24) is 25.1 Å². The summed E-state index contributed by atoms with van der Waals surface area (Å²) in [5, 5.41) is 7.40. The molecule has 1 N–H and O–H groups in total. The van der Waals surface area contributed by atoms with Gasteiger partial charge in [0.05, 0.1) is 12.7 Å². The van der Waals surface area contributed by atoms with Crippen LogP contribution in [0.1, 0.15) is 5.56 Å². The molecule has 0 radical (unpaired) electrons. The van der Waals surface area contributed by atoms with Crippen LogP contribution >= 0.6 is 11.9 Å². The average Bonchev–Trinajstić information content (AvgIpc) is 3.57. The summed E-state index contributed by atoms with van der Waals surface area (Å²) in [6.45, 7) is 2.13. The highest BCUT2D eigenvalue weighted by Gasteiger charge is 2.62. The molecule has 10 heteroatoms. The largest absolute Gasteiger partial charge is 0.440 e. The monoisotopic (exact) mass is 412 g/mol. The number of nitrogens with zero attached hydrogens (tertiary/aromatic N) is 5. The highest BCUT2D eigenvalue weighted by Crippen LogP contribution is 2.46. The highest BCUT2D eigenvalue weighted by atomic mass is 32.2. The molecule has 6 rings (SSSR count). The number of hydrogen-bond donors (Lipinski definition) is 1. The molecule has 1 aromatic rings. The van der Waals surface area contributed by atoms with Gasteiger partial charge in [-0.3, -0.25) is 5.43 Å². The second-order valence-corrected chi connectivity index (χ2v) is 7.82. The fourth-order valence-electron chi connectivity index (χ4n) is 4.07. The Hall–Kier alpha value is -2.79. The maximum absolute atomic E-state index is 6.41. The normalized spacial score (nSPS) is 28.5. The van der Waals surface area contributed by atoms with Gasteiger partial charge >= 0.3 is 5.97 Å². The molecule has 0 aromatic heterocycles. The molecule has 0 spiro atoms. The van der Waals surface area contributed by atoms with Crippen molar-refractivity contribution < 1.29 is 14.4 Å². The zero-order valence-corrected chi connectivity index (χ0v) is 16.4. The van der Waals surface area contributed by atoms with Crippen LogP contribution in [0.5, 0.6) is 0 Å². The number of fused-ring (bicyclic) bond motifs is 1. The first-order valence-corrected chi connectivity index (χ1v) is 10.3. The molecule has 1 aromatic carbocycles. The average molecular weight is 412 g/mol. The third-order valence-corrected chi connectivity index (χ3v) is 6.27. The van der Waals surface area contributed by atoms with E-state index in [-0.39, 0.29) is 0 Å². The van der Waals surface area contributed by atoms with Gasteiger partial charge in [0.1, 0.15) is 18.8 Å². The number of rotatable bonds is 4. The molecule has 1 unspecified atom stereocenters. The van der Waals surface area contributed by atoms with Crippen LogP contribution in [-0.4, -0.2) is 45.3 Å². The van der Waals surface area contributed by atoms with E-state index in [1.807, 2.05) is 16.5 Å². The molecular weight excluding hydrogens is 392 g/mol. The fraction of sp³-hybridized carbons (Fsp3) is 0.263. The van der Waals surface area contributed by atoms with E-state index in [0.29, 0.717) is 13.1 Å². The fourth-order valence-corrected chi connectivity index (χ4v) is 4.89. The smallest absolute Gasteiger partial charge is 0.386 e. The van der Waals surface area contributed by atoms with Crippen LogP contribution < -0.4 is 10.3 Å². The lowest BCUT2D eigenvalue weighted by atomic mass is 10.2. The molecule has 1 atom stereocenters. The van der Waals surface area contributed by atoms with E-state index in [1.54, 1.807) is 47.3 Å². The molecule has 0 bridgehead atoms. The maximum Gasteiger partial charge on any atom is 0.386 e. The number of benzene rings is 1. The predicted octanol–water partition coefficient (Wildman–Crippen LogP) is 2.17. The SMILES string of the molecule is C1=CON(N2C(N3CCc4ccccc43)=COC2(N2NC=CO2)N2CC=CS2)C1. The molecule has 0 fully saturated rings. The molecule has 0 aliphatic carbocycles. The number of para-hydroxylation sites is 1. The summed E-state index contributed by atoms with van der Waals surface area (Å²) < 4.78 is 8.49. The van der Waals surface area contributed by atoms with Gasteiger partial charge in [0.25, 0.3) is 0 Å². The van der Waals surface area contributed by atoms with Crippen molar-refractivity contribution in [2.24, 2.45) is 0 Å². The summed E-state index contributed by atoms with van der Waals surface area (Å²) >= 11 is 1.56. The minimum Gasteiger partial charge on any atom is -0.440 e. The second kappa shape index (κ2) is 6.63. The van der Waals surface area contributed by atoms with Gasteiger partial charge in [-0.15, -0.1) is 0 Å². The second-order valence-electron chi connectivity index (χ2n) is 6.89. The number of ether oxygens (including phenoxy) is 1. The molecule has 0 saturated heterocycles. The van der Waals surface area contributed by atoms with E-state index >= 15 is 0 Å². The van der Waals surface area contributed by atoms with Gasteiger partial charge < -0.3 is 19.3 Å². The summed E-state index contributed by atoms with van der Waals surface area (Å²) in [5.41, 5.74) is 5.62. The quantitative estimate of drug-likeness (QED) is 0.745. The van der Waals surface area contributed by atoms with Gasteiger partial charge in [-0.05, 0) is 46.7 Å². The molecule has 9 nitrogen and oxygen atoms in total. The Balaban J connectivity index is 1.43. The third kappa shape index (κ3) is 2.47. The maximum atomic E-state index is 6.41. The van der Waals surface area contributed by atoms with E-state index < -0.39 is 5.97 Å². The Bertz CT molecular complexity index is 888. The zero-order valence-electron chi connectivity index (χ0n) is 15.5. The van der Waals surface area contributed by atoms with Crippen LogP contribution in [0.4, 0.5) is 5.69 Å². The molecule has 5 aliphatic heterocycles. The van der Waals surface area contributed by atoms with Gasteiger partial charge in [-0.1, -0.05) is 24.3 Å². The molecule has 29 heavy (non-hydrogen) atoms. The molecular formula is C19H20N6O3S. The van der Waals surface area contributed by atoms with Gasteiger partial charge in [0.15, 0.2) is 5.82 Å². The number of anilines is 1. The lowest BCUT2D eigenvalue weighted by molar-refractivity contribution is -0.420. The van der Waals surface area contributed by atoms with Crippen molar-refractivity contribution in [2.45, 2.75) is 12.4 Å². The van der Waals surface area contributed by atoms with Gasteiger partial charge in [0.2, 0.25) is 0 Å². The van der Waals surface area contributed by atoms with Gasteiger partial charge in [-0.25, -0.2) is 0 Å². The Morgan fingerprint density at radius 1 is 1.07 bits per heavy atom. The van der Waals surface area contributed by atoms with Gasteiger partial charge in [-0.2, -0.15) is 9.31 Å². The first-order valence-electron chi connectivity index (χ1n) is 9.48. The number of nitrogens with one attached hydrogen (secondary N) is 1. The summed E-state index contributed by atoms with van der Waals surface area (Å²) in [7, 11) is 0. The topological polar surface area (TPSA) is 55.9 Å². The van der Waals surface area contributed by atoms with Crippen molar-refractivity contribution >= 4 is 17.6 Å². The zero-order chi connectivity index (χ0) is 19.3. The standard InChI is InChI=1S/C19H20N6O3S/c1-2-6-17-16(5-1)7-11-21(17)18-15-26-19(22-9-4-14-29-22,25-20-8-13-28-25)24(18)23-10-3-12-27-23/h1-6,8,12-15,20H,7,9-11H2. The summed E-state index contributed by atoms with van der Waals surface area (Å²) in [5.74, 6) is -0.250. The predicted molar refractivity (Wildman–Crippen MR) is 107 cm³/mol. The van der Waals surface area contributed by atoms with Crippen molar-refractivity contribution in [3.05, 3.63) is 78.2 Å². The van der Waals surface area contributed by atoms with Crippen LogP contribution in [-0.2, 0) is 20.8 Å². The Kier molecular flexibility index (Phi) is 3.91. The number of hydroxylamine groups is 2. The lowest BCUT2D eigenvalue weighted by Gasteiger charge is -2.48. The molecule has 5 heterocycles. The van der Waals surface area contributed by atoms with E-state index in [9.17, 15) is 0 Å². The summed E-state index contributed by atoms with van der Waals surface area (Å²) in [6.07, 6.45) is 11.8. The first-order chi connectivity index (χ1) is 14.4. The van der Waals surface area contributed by atoms with E-state index in [4.69, 9.17) is 14.4 Å². The highest BCUT2D eigenvalue weighted by molar-refractivity contribution is 8.00. The van der Waals surface area contributed by atoms with E-state index in [0.717, 1.165) is 18.8 Å². The van der Waals surface area contributed by atoms with E-state index in [1.165, 1.54) is 11.3 Å². The molecule has 0 saturated carbocycles. The Morgan fingerprint density at radius 2 is 2.03 bits per heavy atom. The number of hydrogen-bond acceptors (Lipinski definition) is 10. The lowest BCUT2D eigenvalue weighted by Crippen LogP contribution is -2.71. The molecule has 150 valence electrons. The number of hydrazine groups is 2. The summed E-state index contributed by atoms with van der Waals surface area (Å²) in [6, 6.07) is 8.46. The summed E-state index contributed by atoms with van der Waals surface area (Å²) in [4.78, 5) is 13.9. The van der Waals surface area contributed by atoms with Crippen molar-refractivity contribution in [3.8, 4) is 0 Å². The van der Waals surface area contributed by atoms with Crippen LogP contribution in [0.2, 0.25) is 0 Å². The van der Waals surface area contributed by atoms with E-state index in [2.05, 4.69) is 45.0 Å². The van der Waals surface area contributed by atoms with Crippen LogP contribution in [0.15, 0.2) is 72.6 Å². The molecule has 0 amide bonds. The first kappa shape index (κ1) is 17.1. The Morgan fingerprint density at radius 3 is 2.83 bits per heavy atom.